The van der Waals surface area contributed by atoms with Crippen molar-refractivity contribution >= 4 is 0 Å². The first-order valence-corrected chi connectivity index (χ1v) is 12.0. The molecule has 2 N–H and O–H groups in total. The molecule has 5 heteroatoms. The first-order valence-electron chi connectivity index (χ1n) is 12.0. The van der Waals surface area contributed by atoms with Crippen LogP contribution in [-0.4, -0.2) is 60.7 Å². The Labute approximate surface area is 179 Å². The number of aliphatic hydroxyl groups is 2. The van der Waals surface area contributed by atoms with Gasteiger partial charge in [-0.15, -0.1) is 0 Å². The lowest BCUT2D eigenvalue weighted by Gasteiger charge is -2.69. The van der Waals surface area contributed by atoms with Gasteiger partial charge in [-0.3, -0.25) is 4.90 Å². The Hall–Kier alpha value is -1.30. The molecular formula is C25H35NO4. The molecule has 0 amide bonds. The SMILES string of the molecule is COc1ccc2c3c1OCCC[C@]14C[C@H](CO)C(O)CC31CCN(CC1CC1)C4C2. The smallest absolute Gasteiger partial charge is 0.165 e. The van der Waals surface area contributed by atoms with Crippen LogP contribution < -0.4 is 9.47 Å². The van der Waals surface area contributed by atoms with Gasteiger partial charge >= 0.3 is 0 Å². The maximum absolute atomic E-state index is 11.1. The molecule has 0 radical (unpaired) electrons. The van der Waals surface area contributed by atoms with Gasteiger partial charge in [-0.1, -0.05) is 6.07 Å². The summed E-state index contributed by atoms with van der Waals surface area (Å²) >= 11 is 0. The van der Waals surface area contributed by atoms with Gasteiger partial charge in [0.1, 0.15) is 0 Å². The number of piperidine rings is 1. The van der Waals surface area contributed by atoms with Crippen LogP contribution in [0.15, 0.2) is 12.1 Å². The maximum Gasteiger partial charge on any atom is 0.165 e. The molecule has 5 aliphatic rings. The Morgan fingerprint density at radius 3 is 2.87 bits per heavy atom. The highest BCUT2D eigenvalue weighted by Crippen LogP contribution is 2.68. The van der Waals surface area contributed by atoms with E-state index in [9.17, 15) is 10.2 Å². The van der Waals surface area contributed by atoms with Gasteiger partial charge in [0.05, 0.1) is 19.8 Å². The molecule has 2 aliphatic heterocycles. The Morgan fingerprint density at radius 2 is 2.10 bits per heavy atom. The predicted molar refractivity (Wildman–Crippen MR) is 114 cm³/mol. The number of nitrogens with zero attached hydrogens (tertiary/aromatic N) is 1. The highest BCUT2D eigenvalue weighted by molar-refractivity contribution is 5.58. The number of methoxy groups -OCH3 is 1. The van der Waals surface area contributed by atoms with Gasteiger partial charge in [-0.2, -0.15) is 0 Å². The number of likely N-dealkylation sites (tertiary alicyclic amines) is 1. The van der Waals surface area contributed by atoms with Crippen molar-refractivity contribution in [2.75, 3.05) is 33.4 Å². The lowest BCUT2D eigenvalue weighted by atomic mass is 9.41. The highest BCUT2D eigenvalue weighted by Gasteiger charge is 2.67. The standard InChI is InChI=1S/C25H35NO4/c1-29-20-6-5-17-11-21-24-7-2-10-30-23(20)22(17)25(24,13-19(28)18(12-24)15-27)8-9-26(21)14-16-3-4-16/h5-6,16,18-19,21,27-28H,2-4,7-15H2,1H3/t18-,19?,21?,24-,25?/m1/s1. The fraction of sp³-hybridized carbons (Fsp3) is 0.760. The quantitative estimate of drug-likeness (QED) is 0.795. The first kappa shape index (κ1) is 19.4. The topological polar surface area (TPSA) is 62.2 Å². The van der Waals surface area contributed by atoms with E-state index in [4.69, 9.17) is 9.47 Å². The fourth-order valence-electron chi connectivity index (χ4n) is 7.89. The first-order chi connectivity index (χ1) is 14.6. The van der Waals surface area contributed by atoms with Crippen LogP contribution in [0.5, 0.6) is 11.5 Å². The van der Waals surface area contributed by atoms with E-state index in [-0.39, 0.29) is 23.4 Å². The monoisotopic (exact) mass is 413 g/mol. The summed E-state index contributed by atoms with van der Waals surface area (Å²) in [6, 6.07) is 4.84. The summed E-state index contributed by atoms with van der Waals surface area (Å²) in [5.74, 6) is 2.62. The molecule has 4 bridgehead atoms. The largest absolute Gasteiger partial charge is 0.493 e. The van der Waals surface area contributed by atoms with Gasteiger partial charge in [0, 0.05) is 36.1 Å². The summed E-state index contributed by atoms with van der Waals surface area (Å²) < 4.78 is 12.1. The van der Waals surface area contributed by atoms with Gasteiger partial charge in [-0.05, 0) is 80.9 Å². The molecule has 30 heavy (non-hydrogen) atoms. The molecule has 1 aromatic carbocycles. The molecule has 0 aromatic heterocycles. The van der Waals surface area contributed by atoms with E-state index in [0.717, 1.165) is 62.5 Å². The zero-order chi connectivity index (χ0) is 20.5. The Balaban J connectivity index is 1.57. The van der Waals surface area contributed by atoms with Crippen LogP contribution in [0.4, 0.5) is 0 Å². The zero-order valence-corrected chi connectivity index (χ0v) is 18.1. The average Bonchev–Trinajstić information content (AvgIpc) is 3.55. The number of hydrogen-bond donors (Lipinski definition) is 2. The lowest BCUT2D eigenvalue weighted by Crippen LogP contribution is -2.71. The van der Waals surface area contributed by atoms with E-state index < -0.39 is 6.10 Å². The van der Waals surface area contributed by atoms with Crippen molar-refractivity contribution in [2.45, 2.75) is 68.9 Å². The Kier molecular flexibility index (Phi) is 4.43. The molecule has 0 spiro atoms. The molecule has 6 rings (SSSR count). The van der Waals surface area contributed by atoms with Gasteiger partial charge in [0.2, 0.25) is 0 Å². The van der Waals surface area contributed by atoms with Crippen LogP contribution in [0.3, 0.4) is 0 Å². The summed E-state index contributed by atoms with van der Waals surface area (Å²) in [5.41, 5.74) is 2.74. The highest BCUT2D eigenvalue weighted by atomic mass is 16.5. The second-order valence-electron chi connectivity index (χ2n) is 10.6. The lowest BCUT2D eigenvalue weighted by molar-refractivity contribution is -0.156. The molecule has 5 atom stereocenters. The summed E-state index contributed by atoms with van der Waals surface area (Å²) in [6.45, 7) is 3.13. The van der Waals surface area contributed by atoms with Gasteiger partial charge in [0.25, 0.3) is 0 Å². The molecule has 3 fully saturated rings. The minimum atomic E-state index is -0.455. The van der Waals surface area contributed by atoms with E-state index >= 15 is 0 Å². The molecule has 1 aromatic rings. The van der Waals surface area contributed by atoms with E-state index in [1.807, 2.05) is 0 Å². The second-order valence-corrected chi connectivity index (χ2v) is 10.6. The van der Waals surface area contributed by atoms with Crippen molar-refractivity contribution in [3.8, 4) is 11.5 Å². The summed E-state index contributed by atoms with van der Waals surface area (Å²) in [7, 11) is 1.73. The van der Waals surface area contributed by atoms with Crippen molar-refractivity contribution in [3.63, 3.8) is 0 Å². The summed E-state index contributed by atoms with van der Waals surface area (Å²) in [4.78, 5) is 2.80. The van der Waals surface area contributed by atoms with Crippen molar-refractivity contribution in [2.24, 2.45) is 17.3 Å². The van der Waals surface area contributed by atoms with E-state index in [0.29, 0.717) is 12.6 Å². The molecule has 3 aliphatic carbocycles. The number of aliphatic hydroxyl groups excluding tert-OH is 2. The molecule has 2 heterocycles. The number of rotatable bonds is 4. The molecule has 5 nitrogen and oxygen atoms in total. The van der Waals surface area contributed by atoms with Crippen LogP contribution >= 0.6 is 0 Å². The third-order valence-electron chi connectivity index (χ3n) is 9.34. The van der Waals surface area contributed by atoms with Gasteiger partial charge < -0.3 is 19.7 Å². The van der Waals surface area contributed by atoms with E-state index in [2.05, 4.69) is 17.0 Å². The minimum absolute atomic E-state index is 0.0162. The van der Waals surface area contributed by atoms with Crippen LogP contribution in [0.2, 0.25) is 0 Å². The Morgan fingerprint density at radius 1 is 1.23 bits per heavy atom. The number of ether oxygens (including phenoxy) is 2. The van der Waals surface area contributed by atoms with E-state index in [1.54, 1.807) is 7.11 Å². The van der Waals surface area contributed by atoms with Crippen molar-refractivity contribution < 1.29 is 19.7 Å². The second kappa shape index (κ2) is 6.85. The molecule has 1 saturated heterocycles. The maximum atomic E-state index is 11.1. The minimum Gasteiger partial charge on any atom is -0.493 e. The van der Waals surface area contributed by atoms with Gasteiger partial charge in [0.15, 0.2) is 11.5 Å². The molecule has 2 saturated carbocycles. The van der Waals surface area contributed by atoms with Crippen LogP contribution in [-0.2, 0) is 11.8 Å². The van der Waals surface area contributed by atoms with Crippen LogP contribution in [0.25, 0.3) is 0 Å². The normalized spacial score (nSPS) is 40.0. The van der Waals surface area contributed by atoms with Crippen LogP contribution in [0.1, 0.15) is 56.1 Å². The number of benzene rings is 1. The average molecular weight is 414 g/mol. The predicted octanol–water partition coefficient (Wildman–Crippen LogP) is 2.90. The van der Waals surface area contributed by atoms with Gasteiger partial charge in [-0.25, -0.2) is 0 Å². The van der Waals surface area contributed by atoms with Crippen molar-refractivity contribution in [1.82, 2.24) is 4.90 Å². The molecule has 164 valence electrons. The molecule has 3 unspecified atom stereocenters. The number of hydrogen-bond acceptors (Lipinski definition) is 5. The summed E-state index contributed by atoms with van der Waals surface area (Å²) in [5, 5.41) is 21.3. The van der Waals surface area contributed by atoms with Crippen LogP contribution in [0, 0.1) is 17.3 Å². The zero-order valence-electron chi connectivity index (χ0n) is 18.1. The van der Waals surface area contributed by atoms with E-state index in [1.165, 1.54) is 30.5 Å². The third-order valence-corrected chi connectivity index (χ3v) is 9.34. The van der Waals surface area contributed by atoms with Crippen molar-refractivity contribution in [1.29, 1.82) is 0 Å². The third kappa shape index (κ3) is 2.52. The molecular weight excluding hydrogens is 378 g/mol. The fourth-order valence-corrected chi connectivity index (χ4v) is 7.89. The summed E-state index contributed by atoms with van der Waals surface area (Å²) in [6.07, 6.45) is 8.24. The Bertz CT molecular complexity index is 839. The van der Waals surface area contributed by atoms with Crippen molar-refractivity contribution in [3.05, 3.63) is 23.3 Å².